The standard InChI is InChI=1S/C17H19Cl2NO6S/c1-2-24-16(21)12-10-17(25-7-8-26-17)6-5-15(12)27(22,23)20-14-9-11(18)3-4-13(14)19/h3-4,9-10,15,20H,2,5-8H2,1H3. The van der Waals surface area contributed by atoms with Crippen molar-refractivity contribution in [2.45, 2.75) is 30.8 Å². The van der Waals surface area contributed by atoms with Gasteiger partial charge in [-0.05, 0) is 37.6 Å². The van der Waals surface area contributed by atoms with Gasteiger partial charge in [0.05, 0.1) is 36.1 Å². The Kier molecular flexibility index (Phi) is 6.02. The molecule has 1 spiro atoms. The highest BCUT2D eigenvalue weighted by Gasteiger charge is 2.46. The summed E-state index contributed by atoms with van der Waals surface area (Å²) in [6.07, 6.45) is 1.84. The van der Waals surface area contributed by atoms with Crippen LogP contribution in [0.25, 0.3) is 0 Å². The van der Waals surface area contributed by atoms with Crippen LogP contribution < -0.4 is 4.72 Å². The van der Waals surface area contributed by atoms with E-state index in [9.17, 15) is 13.2 Å². The van der Waals surface area contributed by atoms with Crippen LogP contribution in [0.4, 0.5) is 5.69 Å². The second-order valence-corrected chi connectivity index (χ2v) is 8.83. The number of rotatable bonds is 5. The Hall–Kier alpha value is -1.32. The van der Waals surface area contributed by atoms with Crippen molar-refractivity contribution in [3.63, 3.8) is 0 Å². The molecule has 1 aliphatic heterocycles. The number of benzene rings is 1. The van der Waals surface area contributed by atoms with E-state index in [1.165, 1.54) is 18.2 Å². The quantitative estimate of drug-likeness (QED) is 0.714. The summed E-state index contributed by atoms with van der Waals surface area (Å²) in [4.78, 5) is 12.4. The van der Waals surface area contributed by atoms with E-state index in [0.29, 0.717) is 24.7 Å². The number of sulfonamides is 1. The summed E-state index contributed by atoms with van der Waals surface area (Å²) in [5, 5.41) is -0.613. The molecule has 0 aromatic heterocycles. The molecular formula is C17H19Cl2NO6S. The molecule has 1 atom stereocenters. The summed E-state index contributed by atoms with van der Waals surface area (Å²) in [6, 6.07) is 4.44. The van der Waals surface area contributed by atoms with Crippen molar-refractivity contribution in [1.82, 2.24) is 0 Å². The highest BCUT2D eigenvalue weighted by atomic mass is 35.5. The predicted octanol–water partition coefficient (Wildman–Crippen LogP) is 3.13. The summed E-state index contributed by atoms with van der Waals surface area (Å²) < 4.78 is 44.7. The van der Waals surface area contributed by atoms with Crippen LogP contribution in [0, 0.1) is 0 Å². The first-order valence-corrected chi connectivity index (χ1v) is 10.7. The second-order valence-electron chi connectivity index (χ2n) is 6.13. The van der Waals surface area contributed by atoms with E-state index < -0.39 is 27.0 Å². The number of halogens is 2. The van der Waals surface area contributed by atoms with Crippen LogP contribution >= 0.6 is 23.2 Å². The molecule has 7 nitrogen and oxygen atoms in total. The largest absolute Gasteiger partial charge is 0.463 e. The van der Waals surface area contributed by atoms with Gasteiger partial charge in [0.1, 0.15) is 5.25 Å². The first-order chi connectivity index (χ1) is 12.8. The van der Waals surface area contributed by atoms with E-state index in [4.69, 9.17) is 37.4 Å². The van der Waals surface area contributed by atoms with Crippen LogP contribution in [0.3, 0.4) is 0 Å². The van der Waals surface area contributed by atoms with Gasteiger partial charge in [0.2, 0.25) is 10.0 Å². The van der Waals surface area contributed by atoms with Crippen molar-refractivity contribution in [1.29, 1.82) is 0 Å². The molecule has 1 aliphatic carbocycles. The molecule has 1 heterocycles. The zero-order valence-electron chi connectivity index (χ0n) is 14.5. The highest BCUT2D eigenvalue weighted by Crippen LogP contribution is 2.38. The van der Waals surface area contributed by atoms with Crippen LogP contribution in [-0.4, -0.2) is 45.2 Å². The fourth-order valence-electron chi connectivity index (χ4n) is 3.12. The zero-order valence-corrected chi connectivity index (χ0v) is 16.9. The molecule has 1 saturated heterocycles. The van der Waals surface area contributed by atoms with E-state index in [-0.39, 0.29) is 29.3 Å². The third kappa shape index (κ3) is 4.41. The monoisotopic (exact) mass is 435 g/mol. The van der Waals surface area contributed by atoms with E-state index in [1.54, 1.807) is 13.0 Å². The number of esters is 1. The van der Waals surface area contributed by atoms with Gasteiger partial charge < -0.3 is 14.2 Å². The maximum absolute atomic E-state index is 13.0. The van der Waals surface area contributed by atoms with Crippen LogP contribution in [0.2, 0.25) is 10.0 Å². The molecule has 27 heavy (non-hydrogen) atoms. The van der Waals surface area contributed by atoms with Crippen molar-refractivity contribution in [3.05, 3.63) is 39.9 Å². The van der Waals surface area contributed by atoms with E-state index in [2.05, 4.69) is 4.72 Å². The Morgan fingerprint density at radius 3 is 2.70 bits per heavy atom. The van der Waals surface area contributed by atoms with Crippen molar-refractivity contribution >= 4 is 44.9 Å². The Labute approximate surface area is 167 Å². The number of carbonyl (C=O) groups is 1. The van der Waals surface area contributed by atoms with Crippen molar-refractivity contribution in [2.24, 2.45) is 0 Å². The molecular weight excluding hydrogens is 417 g/mol. The van der Waals surface area contributed by atoms with Gasteiger partial charge in [-0.1, -0.05) is 23.2 Å². The number of hydrogen-bond acceptors (Lipinski definition) is 6. The fourth-order valence-corrected chi connectivity index (χ4v) is 5.05. The molecule has 2 aliphatic rings. The predicted molar refractivity (Wildman–Crippen MR) is 101 cm³/mol. The molecule has 148 valence electrons. The maximum atomic E-state index is 13.0. The average molecular weight is 436 g/mol. The number of carbonyl (C=O) groups excluding carboxylic acids is 1. The van der Waals surface area contributed by atoms with Crippen LogP contribution in [-0.2, 0) is 29.0 Å². The third-order valence-electron chi connectivity index (χ3n) is 4.32. The SMILES string of the molecule is CCOC(=O)C1=CC2(CCC1S(=O)(=O)Nc1cc(Cl)ccc1Cl)OCCO2. The summed E-state index contributed by atoms with van der Waals surface area (Å²) >= 11 is 12.0. The van der Waals surface area contributed by atoms with E-state index >= 15 is 0 Å². The van der Waals surface area contributed by atoms with Crippen molar-refractivity contribution in [2.75, 3.05) is 24.5 Å². The van der Waals surface area contributed by atoms with Gasteiger partial charge in [0.15, 0.2) is 5.79 Å². The molecule has 0 amide bonds. The van der Waals surface area contributed by atoms with Gasteiger partial charge in [0, 0.05) is 11.4 Å². The lowest BCUT2D eigenvalue weighted by atomic mass is 9.94. The molecule has 10 heteroatoms. The molecule has 1 aromatic carbocycles. The number of ether oxygens (including phenoxy) is 3. The van der Waals surface area contributed by atoms with Gasteiger partial charge in [-0.25, -0.2) is 13.2 Å². The topological polar surface area (TPSA) is 90.9 Å². The molecule has 1 aromatic rings. The number of hydrogen-bond donors (Lipinski definition) is 1. The van der Waals surface area contributed by atoms with Gasteiger partial charge in [-0.15, -0.1) is 0 Å². The van der Waals surface area contributed by atoms with Gasteiger partial charge in [-0.3, -0.25) is 4.72 Å². The van der Waals surface area contributed by atoms with Gasteiger partial charge in [-0.2, -0.15) is 0 Å². The Bertz CT molecular complexity index is 864. The fraction of sp³-hybridized carbons (Fsp3) is 0.471. The smallest absolute Gasteiger partial charge is 0.335 e. The van der Waals surface area contributed by atoms with E-state index in [0.717, 1.165) is 0 Å². The normalized spacial score (nSPS) is 21.7. The van der Waals surface area contributed by atoms with Crippen LogP contribution in [0.15, 0.2) is 29.8 Å². The zero-order chi connectivity index (χ0) is 19.7. The Morgan fingerprint density at radius 1 is 1.33 bits per heavy atom. The minimum atomic E-state index is -4.01. The molecule has 0 radical (unpaired) electrons. The summed E-state index contributed by atoms with van der Waals surface area (Å²) in [5.74, 6) is -1.80. The van der Waals surface area contributed by atoms with Gasteiger partial charge >= 0.3 is 5.97 Å². The summed E-state index contributed by atoms with van der Waals surface area (Å²) in [5.41, 5.74) is 0.122. The summed E-state index contributed by atoms with van der Waals surface area (Å²) in [7, 11) is -4.01. The molecule has 1 N–H and O–H groups in total. The summed E-state index contributed by atoms with van der Waals surface area (Å²) in [6.45, 7) is 2.51. The number of nitrogens with one attached hydrogen (secondary N) is 1. The first kappa shape index (κ1) is 20.4. The van der Waals surface area contributed by atoms with Crippen molar-refractivity contribution in [3.8, 4) is 0 Å². The highest BCUT2D eigenvalue weighted by molar-refractivity contribution is 7.93. The van der Waals surface area contributed by atoms with Gasteiger partial charge in [0.25, 0.3) is 0 Å². The Morgan fingerprint density at radius 2 is 2.04 bits per heavy atom. The van der Waals surface area contributed by atoms with Crippen LogP contribution in [0.1, 0.15) is 19.8 Å². The molecule has 3 rings (SSSR count). The molecule has 1 fully saturated rings. The van der Waals surface area contributed by atoms with Crippen molar-refractivity contribution < 1.29 is 27.4 Å². The van der Waals surface area contributed by atoms with E-state index in [1.807, 2.05) is 0 Å². The average Bonchev–Trinajstić information content (AvgIpc) is 3.05. The minimum Gasteiger partial charge on any atom is -0.463 e. The minimum absolute atomic E-state index is 0.0179. The second kappa shape index (κ2) is 7.97. The lowest BCUT2D eigenvalue weighted by Crippen LogP contribution is -2.42. The lowest BCUT2D eigenvalue weighted by molar-refractivity contribution is -0.143. The lowest BCUT2D eigenvalue weighted by Gasteiger charge is -2.33. The third-order valence-corrected chi connectivity index (χ3v) is 6.63. The number of anilines is 1. The van der Waals surface area contributed by atoms with Crippen LogP contribution in [0.5, 0.6) is 0 Å². The maximum Gasteiger partial charge on any atom is 0.335 e. The molecule has 0 bridgehead atoms. The first-order valence-electron chi connectivity index (χ1n) is 8.41. The Balaban J connectivity index is 1.94. The molecule has 1 unspecified atom stereocenters. The molecule has 0 saturated carbocycles.